The van der Waals surface area contributed by atoms with Crippen LogP contribution in [0.1, 0.15) is 42.5 Å². The van der Waals surface area contributed by atoms with Gasteiger partial charge in [-0.15, -0.1) is 0 Å². The zero-order valence-corrected chi connectivity index (χ0v) is 11.6. The van der Waals surface area contributed by atoms with E-state index in [-0.39, 0.29) is 11.3 Å². The number of amides is 1. The number of rotatable bonds is 4. The van der Waals surface area contributed by atoms with Gasteiger partial charge in [0.25, 0.3) is 5.91 Å². The summed E-state index contributed by atoms with van der Waals surface area (Å²) < 4.78 is 27.2. The normalized spacial score (nSPS) is 15.9. The van der Waals surface area contributed by atoms with E-state index in [4.69, 9.17) is 0 Å². The Kier molecular flexibility index (Phi) is 4.93. The topological polar surface area (TPSA) is 41.1 Å². The molecule has 0 atom stereocenters. The average Bonchev–Trinajstić information content (AvgIpc) is 2.45. The maximum Gasteiger partial charge on any atom is 0.251 e. The second-order valence-electron chi connectivity index (χ2n) is 5.28. The largest absolute Gasteiger partial charge is 0.383 e. The summed E-state index contributed by atoms with van der Waals surface area (Å²) in [5, 5.41) is 5.20. The summed E-state index contributed by atoms with van der Waals surface area (Å²) in [6, 6.07) is 2.12. The van der Waals surface area contributed by atoms with Crippen LogP contribution in [-0.2, 0) is 0 Å². The Balaban J connectivity index is 1.98. The van der Waals surface area contributed by atoms with Crippen LogP contribution < -0.4 is 10.6 Å². The van der Waals surface area contributed by atoms with Crippen molar-refractivity contribution in [2.45, 2.75) is 32.1 Å². The van der Waals surface area contributed by atoms with Crippen LogP contribution in [0.5, 0.6) is 0 Å². The molecule has 1 aliphatic carbocycles. The van der Waals surface area contributed by atoms with Gasteiger partial charge in [0.1, 0.15) is 17.3 Å². The minimum Gasteiger partial charge on any atom is -0.383 e. The van der Waals surface area contributed by atoms with Crippen molar-refractivity contribution in [1.29, 1.82) is 0 Å². The third-order valence-corrected chi connectivity index (χ3v) is 3.83. The van der Waals surface area contributed by atoms with Gasteiger partial charge in [-0.2, -0.15) is 0 Å². The van der Waals surface area contributed by atoms with Crippen molar-refractivity contribution in [3.63, 3.8) is 0 Å². The molecule has 0 aliphatic heterocycles. The Hall–Kier alpha value is -1.65. The van der Waals surface area contributed by atoms with Gasteiger partial charge >= 0.3 is 0 Å². The number of carbonyl (C=O) groups excluding carboxylic acids is 1. The van der Waals surface area contributed by atoms with Gasteiger partial charge in [0.05, 0.1) is 0 Å². The number of carbonyl (C=O) groups is 1. The lowest BCUT2D eigenvalue weighted by molar-refractivity contribution is 0.0942. The number of nitrogens with one attached hydrogen (secondary N) is 2. The molecule has 1 aromatic rings. The van der Waals surface area contributed by atoms with Crippen molar-refractivity contribution >= 4 is 11.6 Å². The smallest absolute Gasteiger partial charge is 0.251 e. The lowest BCUT2D eigenvalue weighted by Crippen LogP contribution is -2.30. The lowest BCUT2D eigenvalue weighted by Gasteiger charge is -2.21. The quantitative estimate of drug-likeness (QED) is 0.889. The van der Waals surface area contributed by atoms with Crippen molar-refractivity contribution in [3.8, 4) is 0 Å². The zero-order valence-electron chi connectivity index (χ0n) is 11.6. The molecule has 1 aromatic carbocycles. The fourth-order valence-electron chi connectivity index (χ4n) is 2.67. The van der Waals surface area contributed by atoms with Gasteiger partial charge in [-0.3, -0.25) is 4.79 Å². The van der Waals surface area contributed by atoms with Crippen molar-refractivity contribution in [1.82, 2.24) is 5.32 Å². The van der Waals surface area contributed by atoms with Crippen molar-refractivity contribution in [3.05, 3.63) is 29.3 Å². The van der Waals surface area contributed by atoms with Crippen molar-refractivity contribution < 1.29 is 13.6 Å². The molecule has 3 nitrogen and oxygen atoms in total. The van der Waals surface area contributed by atoms with Gasteiger partial charge in [0.2, 0.25) is 0 Å². The van der Waals surface area contributed by atoms with Crippen LogP contribution in [0.15, 0.2) is 12.1 Å². The molecule has 0 radical (unpaired) electrons. The molecule has 1 amide bonds. The Morgan fingerprint density at radius 2 is 1.80 bits per heavy atom. The van der Waals surface area contributed by atoms with E-state index in [0.717, 1.165) is 25.0 Å². The van der Waals surface area contributed by atoms with Gasteiger partial charge in [-0.25, -0.2) is 8.78 Å². The number of hydrogen-bond acceptors (Lipinski definition) is 2. The highest BCUT2D eigenvalue weighted by atomic mass is 19.1. The summed E-state index contributed by atoms with van der Waals surface area (Å²) >= 11 is 0. The first-order valence-corrected chi connectivity index (χ1v) is 7.07. The van der Waals surface area contributed by atoms with E-state index >= 15 is 0 Å². The van der Waals surface area contributed by atoms with E-state index in [1.807, 2.05) is 0 Å². The maximum atomic E-state index is 13.6. The summed E-state index contributed by atoms with van der Waals surface area (Å²) in [6.45, 7) is 0.579. The van der Waals surface area contributed by atoms with Crippen LogP contribution in [0.2, 0.25) is 0 Å². The first-order valence-electron chi connectivity index (χ1n) is 7.07. The van der Waals surface area contributed by atoms with E-state index in [1.165, 1.54) is 26.3 Å². The molecule has 5 heteroatoms. The Labute approximate surface area is 117 Å². The molecule has 0 unspecified atom stereocenters. The molecule has 0 spiro atoms. The molecule has 0 heterocycles. The first-order chi connectivity index (χ1) is 9.61. The molecule has 1 saturated carbocycles. The Bertz CT molecular complexity index is 462. The second kappa shape index (κ2) is 6.68. The molecule has 0 saturated heterocycles. The monoisotopic (exact) mass is 282 g/mol. The van der Waals surface area contributed by atoms with Crippen molar-refractivity contribution in [2.75, 3.05) is 18.9 Å². The van der Waals surface area contributed by atoms with Gasteiger partial charge in [-0.05, 0) is 30.9 Å². The molecule has 20 heavy (non-hydrogen) atoms. The fourth-order valence-corrected chi connectivity index (χ4v) is 2.67. The average molecular weight is 282 g/mol. The van der Waals surface area contributed by atoms with Crippen LogP contribution in [0.25, 0.3) is 0 Å². The molecule has 110 valence electrons. The van der Waals surface area contributed by atoms with Gasteiger partial charge in [0.15, 0.2) is 0 Å². The first kappa shape index (κ1) is 14.8. The Morgan fingerprint density at radius 1 is 1.20 bits per heavy atom. The molecular weight excluding hydrogens is 262 g/mol. The SMILES string of the molecule is CNc1c(F)cc(C(=O)NCC2CCCCC2)cc1F. The zero-order chi connectivity index (χ0) is 14.5. The number of benzene rings is 1. The summed E-state index contributed by atoms with van der Waals surface area (Å²) in [7, 11) is 1.43. The Morgan fingerprint density at radius 3 is 2.35 bits per heavy atom. The fraction of sp³-hybridized carbons (Fsp3) is 0.533. The third-order valence-electron chi connectivity index (χ3n) is 3.83. The minimum atomic E-state index is -0.754. The third kappa shape index (κ3) is 3.46. The molecule has 1 aliphatic rings. The van der Waals surface area contributed by atoms with E-state index < -0.39 is 17.5 Å². The van der Waals surface area contributed by atoms with Crippen LogP contribution in [0.3, 0.4) is 0 Å². The van der Waals surface area contributed by atoms with Gasteiger partial charge in [0, 0.05) is 19.2 Å². The highest BCUT2D eigenvalue weighted by Crippen LogP contribution is 2.23. The maximum absolute atomic E-state index is 13.6. The standard InChI is InChI=1S/C15H20F2N2O/c1-18-14-12(16)7-11(8-13(14)17)15(20)19-9-10-5-3-2-4-6-10/h7-8,10,18H,2-6,9H2,1H3,(H,19,20). The van der Waals surface area contributed by atoms with Crippen LogP contribution in [0.4, 0.5) is 14.5 Å². The molecule has 1 fully saturated rings. The minimum absolute atomic E-state index is 0.0230. The molecule has 0 bridgehead atoms. The second-order valence-corrected chi connectivity index (χ2v) is 5.28. The van der Waals surface area contributed by atoms with Crippen LogP contribution >= 0.6 is 0 Å². The molecular formula is C15H20F2N2O. The van der Waals surface area contributed by atoms with E-state index in [2.05, 4.69) is 10.6 Å². The van der Waals surface area contributed by atoms with Crippen LogP contribution in [0, 0.1) is 17.6 Å². The number of halogens is 2. The predicted octanol–water partition coefficient (Wildman–Crippen LogP) is 3.32. The van der Waals surface area contributed by atoms with E-state index in [1.54, 1.807) is 0 Å². The number of hydrogen-bond donors (Lipinski definition) is 2. The van der Waals surface area contributed by atoms with E-state index in [0.29, 0.717) is 12.5 Å². The highest BCUT2D eigenvalue weighted by molar-refractivity contribution is 5.94. The summed E-state index contributed by atoms with van der Waals surface area (Å²) in [5.74, 6) is -1.44. The van der Waals surface area contributed by atoms with Crippen LogP contribution in [-0.4, -0.2) is 19.5 Å². The predicted molar refractivity (Wildman–Crippen MR) is 74.8 cm³/mol. The molecule has 2 N–H and O–H groups in total. The molecule has 0 aromatic heterocycles. The summed E-state index contributed by atoms with van der Waals surface area (Å²) in [6.07, 6.45) is 5.87. The summed E-state index contributed by atoms with van der Waals surface area (Å²) in [5.41, 5.74) is -0.191. The molecule has 2 rings (SSSR count). The van der Waals surface area contributed by atoms with Gasteiger partial charge in [-0.1, -0.05) is 19.3 Å². The van der Waals surface area contributed by atoms with Gasteiger partial charge < -0.3 is 10.6 Å². The highest BCUT2D eigenvalue weighted by Gasteiger charge is 2.17. The number of anilines is 1. The van der Waals surface area contributed by atoms with Crippen molar-refractivity contribution in [2.24, 2.45) is 5.92 Å². The van der Waals surface area contributed by atoms with E-state index in [9.17, 15) is 13.6 Å². The summed E-state index contributed by atoms with van der Waals surface area (Å²) in [4.78, 5) is 11.9. The lowest BCUT2D eigenvalue weighted by atomic mass is 9.89.